The maximum atomic E-state index is 13.8. The highest BCUT2D eigenvalue weighted by Gasteiger charge is 2.63. The van der Waals surface area contributed by atoms with Crippen LogP contribution in [0.5, 0.6) is 0 Å². The van der Waals surface area contributed by atoms with Crippen LogP contribution in [-0.4, -0.2) is 647 Å². The third-order valence-corrected chi connectivity index (χ3v) is 26.9. The van der Waals surface area contributed by atoms with E-state index in [1.807, 2.05) is 0 Å². The lowest BCUT2D eigenvalue weighted by Gasteiger charge is -2.52. The summed E-state index contributed by atoms with van der Waals surface area (Å²) in [5, 5.41) is 350. The highest BCUT2D eigenvalue weighted by molar-refractivity contribution is 5.74. The van der Waals surface area contributed by atoms with Gasteiger partial charge in [-0.05, 0) is 0 Å². The van der Waals surface area contributed by atoms with Gasteiger partial charge in [-0.25, -0.2) is 0 Å². The number of hydrogen-bond acceptors (Lipinski definition) is 60. The van der Waals surface area contributed by atoms with Crippen LogP contribution in [0.1, 0.15) is 27.7 Å². The predicted octanol–water partition coefficient (Wildman–Crippen LogP) is -23.7. The van der Waals surface area contributed by atoms with Crippen molar-refractivity contribution in [3.05, 3.63) is 0 Å². The molecule has 854 valence electrons. The van der Waals surface area contributed by atoms with E-state index >= 15 is 0 Å². The SMILES string of the molecule is CO[C@H]1[C@@H](O)[C@@H](CO)O[C@@H](OC[C@H]2O[C@@H](OC[C@H]3O[C@@H](O[C@H]4[C@@H](O)[C@@H](CO[C@@H]5O[C@H](CO)[C@H](O)[C@H](OC)[C@H]5O)O[C@@H](O[C@H]5[C@H](O)[C@@H](NC(C)=O)[C@H](O[C@@H]6[C@@H](O[C@H]7[C@H](O)[C@@H](CO[C@H]8O[C@H](CO)[C@@H](O)[C@H](O)[C@@H]8O)O[C@@H](O[C@H]8[C@H](O)[C@@H](NC(C)=O)[C@H](O[C@@H]([C@H](O)[C@H](CO)NC(C)=O)[C@H](O)CO)O[C@@H]8CO)[C@H]7O[C@@H]7OC[C@@H](O)[C@H](O)[C@H]7O)O[C@H](CO)[C@@H](O)[C@@H]6O)O[C@@H]5CO)[C@@H]4NC(C)=O)[C@H](O)[C@@H](OC)[C@H]3O)[C@H](O)[C@@H](OC)[C@H]2O)[C@@H]1O. The number of carbonyl (C=O) groups excluding carboxylic acids is 4. The highest BCUT2D eigenvalue weighted by atomic mass is 16.8. The van der Waals surface area contributed by atoms with Crippen LogP contribution in [0.4, 0.5) is 0 Å². The summed E-state index contributed by atoms with van der Waals surface area (Å²) in [5.41, 5.74) is 0. The molecule has 64 heteroatoms. The first-order valence-corrected chi connectivity index (χ1v) is 47.0. The molecule has 34 N–H and O–H groups in total. The largest absolute Gasteiger partial charge is 0.394 e. The van der Waals surface area contributed by atoms with Gasteiger partial charge >= 0.3 is 0 Å². The lowest BCUT2D eigenvalue weighted by atomic mass is 9.93. The summed E-state index contributed by atoms with van der Waals surface area (Å²) >= 11 is 0. The van der Waals surface area contributed by atoms with Crippen LogP contribution in [0, 0.1) is 0 Å². The molecular weight excluding hydrogens is 2010 g/mol. The summed E-state index contributed by atoms with van der Waals surface area (Å²) in [4.78, 5) is 52.9. The van der Waals surface area contributed by atoms with Crippen molar-refractivity contribution in [2.45, 2.75) is 384 Å². The molecule has 64 nitrogen and oxygen atoms in total. The highest BCUT2D eigenvalue weighted by Crippen LogP contribution is 2.43. The summed E-state index contributed by atoms with van der Waals surface area (Å²) in [6, 6.07) is -8.04. The number of carbonyl (C=O) groups is 4. The number of methoxy groups -OCH3 is 4. The second-order valence-corrected chi connectivity index (χ2v) is 36.9. The Morgan fingerprint density at radius 1 is 0.272 bits per heavy atom. The molecule has 0 aromatic carbocycles. The topological polar surface area (TPSA) is 963 Å². The van der Waals surface area contributed by atoms with Gasteiger partial charge in [0.05, 0.1) is 91.9 Å². The van der Waals surface area contributed by atoms with Gasteiger partial charge < -0.3 is 298 Å². The van der Waals surface area contributed by atoms with Crippen molar-refractivity contribution in [3.63, 3.8) is 0 Å². The average molecular weight is 2160 g/mol. The van der Waals surface area contributed by atoms with Crippen LogP contribution >= 0.6 is 0 Å². The van der Waals surface area contributed by atoms with E-state index in [0.717, 1.165) is 56.1 Å². The first-order chi connectivity index (χ1) is 69.8. The summed E-state index contributed by atoms with van der Waals surface area (Å²) < 4.78 is 155. The van der Waals surface area contributed by atoms with Crippen LogP contribution in [0.3, 0.4) is 0 Å². The zero-order chi connectivity index (χ0) is 108. The standard InChI is InChI=1S/C83H142N4O60/c1-22(96)84-26(9-88)42(102)62(27(100)10-89)141-73-39(85-23(2)97)53(113)64(34(16-95)135-73)143-83-72(147-77-56(116)43(103)28(101)17-126-77)70(51(111)38(140-83)21-127-76-57(117)54(114)44(104)29(11-90)131-76)145-82-71(55(115)45(105)30(12-91)134-82)146-74-40(86-24(3)98)52(112)63(33(15-94)136-74)142-75-41(87-25(4)99)65(48(108)35(137-75)18-128-78-58(118)66(122-5)46(106)31(13-92)132-78)144-81-61(121)69(125-8)50(110)37(139-81)20-130-80-60(120)68(124-7)49(109)36(138-80)19-129-79-59(119)67(123-6)47(107)32(14-93)133-79/h26-83,88-95,100-121H,9-21H2,1-8H3,(H,84,96)(H,85,97)(H,86,98)(H,87,99)/t26-,27+,28+,29+,30+,31+,32+,33+,34+,35+,36+,37+,38+,39+,40+,41+,42+,43-,44+,45+,46-,47-,48-,49-,50-,51+,52+,53+,54-,55-,56+,57-,58+,59+,60+,61+,62+,63+,64+,65+,66-,67-,68-,69-,70-,71-,72-,73-,74-,75-,76-,77-,78+,79+,80+,81-,82+,83-/m0/s1. The maximum Gasteiger partial charge on any atom is 0.217 e. The summed E-state index contributed by atoms with van der Waals surface area (Å²) in [6.45, 7) is -10.0. The molecule has 11 aliphatic heterocycles. The maximum absolute atomic E-state index is 13.8. The second kappa shape index (κ2) is 55.5. The first kappa shape index (κ1) is 123. The number of aliphatic hydroxyl groups is 30. The fraction of sp³-hybridized carbons (Fsp3) is 0.952. The van der Waals surface area contributed by atoms with Crippen molar-refractivity contribution >= 4 is 23.6 Å². The molecule has 147 heavy (non-hydrogen) atoms. The Labute approximate surface area is 835 Å². The second-order valence-electron chi connectivity index (χ2n) is 36.9. The zero-order valence-electron chi connectivity index (χ0n) is 80.3. The normalized spacial score (nSPS) is 46.8. The fourth-order valence-electron chi connectivity index (χ4n) is 19.0. The van der Waals surface area contributed by atoms with Gasteiger partial charge in [-0.1, -0.05) is 0 Å². The molecule has 0 aromatic heterocycles. The van der Waals surface area contributed by atoms with Crippen LogP contribution in [0.15, 0.2) is 0 Å². The zero-order valence-corrected chi connectivity index (χ0v) is 80.3. The van der Waals surface area contributed by atoms with E-state index in [1.165, 1.54) is 0 Å². The van der Waals surface area contributed by atoms with Crippen LogP contribution < -0.4 is 21.3 Å². The molecule has 11 heterocycles. The molecule has 0 aliphatic carbocycles. The first-order valence-electron chi connectivity index (χ1n) is 47.0. The van der Waals surface area contributed by atoms with Gasteiger partial charge in [0.1, 0.15) is 281 Å². The Kier molecular flexibility index (Phi) is 46.4. The number of nitrogens with one attached hydrogen (secondary N) is 4. The minimum Gasteiger partial charge on any atom is -0.394 e. The number of aliphatic hydroxyl groups excluding tert-OH is 30. The van der Waals surface area contributed by atoms with Gasteiger partial charge in [0, 0.05) is 56.1 Å². The van der Waals surface area contributed by atoms with E-state index in [0.29, 0.717) is 0 Å². The van der Waals surface area contributed by atoms with Gasteiger partial charge in [0.25, 0.3) is 0 Å². The van der Waals surface area contributed by atoms with Crippen molar-refractivity contribution in [3.8, 4) is 0 Å². The molecule has 58 atom stereocenters. The smallest absolute Gasteiger partial charge is 0.217 e. The quantitative estimate of drug-likeness (QED) is 0.0269. The number of hydrogen-bond donors (Lipinski definition) is 34. The van der Waals surface area contributed by atoms with Gasteiger partial charge in [-0.3, -0.25) is 19.2 Å². The van der Waals surface area contributed by atoms with Crippen molar-refractivity contribution in [2.75, 3.05) is 114 Å². The van der Waals surface area contributed by atoms with Gasteiger partial charge in [0.2, 0.25) is 23.6 Å². The van der Waals surface area contributed by atoms with E-state index in [2.05, 4.69) is 21.3 Å². The molecule has 0 unspecified atom stereocenters. The summed E-state index contributed by atoms with van der Waals surface area (Å²) in [7, 11) is 4.34. The Morgan fingerprint density at radius 2 is 0.578 bits per heavy atom. The van der Waals surface area contributed by atoms with Gasteiger partial charge in [0.15, 0.2) is 69.2 Å². The Morgan fingerprint density at radius 3 is 1.01 bits per heavy atom. The van der Waals surface area contributed by atoms with Crippen LogP contribution in [0.25, 0.3) is 0 Å². The average Bonchev–Trinajstić information content (AvgIpc) is 0.765. The van der Waals surface area contributed by atoms with Gasteiger partial charge in [-0.15, -0.1) is 0 Å². The minimum absolute atomic E-state index is 0.694. The minimum atomic E-state index is -2.60. The summed E-state index contributed by atoms with van der Waals surface area (Å²) in [5.74, 6) is -3.99. The van der Waals surface area contributed by atoms with E-state index < -0.39 is 465 Å². The fourth-order valence-corrected chi connectivity index (χ4v) is 19.0. The summed E-state index contributed by atoms with van der Waals surface area (Å²) in [6.07, 6.45) is -112. The Hall–Kier alpha value is -4.36. The molecule has 11 saturated heterocycles. The molecule has 0 bridgehead atoms. The van der Waals surface area contributed by atoms with Crippen molar-refractivity contribution in [1.29, 1.82) is 0 Å². The molecule has 4 amide bonds. The molecule has 11 aliphatic rings. The van der Waals surface area contributed by atoms with Crippen molar-refractivity contribution in [1.82, 2.24) is 21.3 Å². The lowest BCUT2D eigenvalue weighted by molar-refractivity contribution is -0.411. The molecule has 11 rings (SSSR count). The molecular formula is C83H142N4O60. The van der Waals surface area contributed by atoms with Gasteiger partial charge in [-0.2, -0.15) is 0 Å². The molecule has 0 saturated carbocycles. The van der Waals surface area contributed by atoms with Crippen molar-refractivity contribution < 1.29 is 296 Å². The van der Waals surface area contributed by atoms with E-state index in [4.69, 9.17) is 123 Å². The number of rotatable bonds is 45. The van der Waals surface area contributed by atoms with E-state index in [9.17, 15) is 172 Å². The predicted molar refractivity (Wildman–Crippen MR) is 457 cm³/mol. The molecule has 0 radical (unpaired) electrons. The van der Waals surface area contributed by atoms with Crippen LogP contribution in [-0.2, 0) is 142 Å². The Balaban J connectivity index is 0.930. The Bertz CT molecular complexity index is 3960. The third kappa shape index (κ3) is 28.3. The number of amides is 4. The molecule has 0 spiro atoms. The number of ether oxygens (including phenoxy) is 26. The molecule has 11 fully saturated rings. The lowest BCUT2D eigenvalue weighted by Crippen LogP contribution is -2.72. The monoisotopic (exact) mass is 2150 g/mol. The van der Waals surface area contributed by atoms with Crippen LogP contribution in [0.2, 0.25) is 0 Å². The molecule has 0 aromatic rings. The van der Waals surface area contributed by atoms with E-state index in [-0.39, 0.29) is 0 Å². The van der Waals surface area contributed by atoms with Crippen molar-refractivity contribution in [2.24, 2.45) is 0 Å². The third-order valence-electron chi connectivity index (χ3n) is 26.9. The van der Waals surface area contributed by atoms with E-state index in [1.54, 1.807) is 0 Å².